The first-order valence-corrected chi connectivity index (χ1v) is 12.3. The Kier molecular flexibility index (Phi) is 9.75. The van der Waals surface area contributed by atoms with Gasteiger partial charge in [0.15, 0.2) is 17.4 Å². The van der Waals surface area contributed by atoms with E-state index in [-0.39, 0.29) is 6.42 Å². The molecule has 0 radical (unpaired) electrons. The fourth-order valence-electron chi connectivity index (χ4n) is 4.73. The van der Waals surface area contributed by atoms with Gasteiger partial charge in [0.2, 0.25) is 0 Å². The molecule has 194 valence electrons. The molecule has 1 fully saturated rings. The van der Waals surface area contributed by atoms with Crippen LogP contribution in [-0.4, -0.2) is 12.7 Å². The largest absolute Gasteiger partial charge is 0.432 e. The Labute approximate surface area is 202 Å². The lowest BCUT2D eigenvalue weighted by Crippen LogP contribution is -2.25. The van der Waals surface area contributed by atoms with Gasteiger partial charge >= 0.3 is 12.7 Å². The average molecular weight is 503 g/mol. The third-order valence-electron chi connectivity index (χ3n) is 6.66. The average Bonchev–Trinajstić information content (AvgIpc) is 2.81. The molecule has 8 heteroatoms. The van der Waals surface area contributed by atoms with Crippen LogP contribution in [0.2, 0.25) is 0 Å². The van der Waals surface area contributed by atoms with Crippen LogP contribution in [0.1, 0.15) is 81.8 Å². The molecule has 0 aromatic heterocycles. The van der Waals surface area contributed by atoms with E-state index in [4.69, 9.17) is 0 Å². The highest BCUT2D eigenvalue weighted by atomic mass is 19.3. The van der Waals surface area contributed by atoms with Crippen LogP contribution < -0.4 is 9.47 Å². The van der Waals surface area contributed by atoms with Gasteiger partial charge in [0.25, 0.3) is 0 Å². The predicted molar refractivity (Wildman–Crippen MR) is 122 cm³/mol. The number of benzene rings is 2. The van der Waals surface area contributed by atoms with Crippen molar-refractivity contribution >= 4 is 0 Å². The lowest BCUT2D eigenvalue weighted by Gasteiger charge is -2.29. The minimum atomic E-state index is -3.71. The highest BCUT2D eigenvalue weighted by Crippen LogP contribution is 2.38. The maximum Gasteiger partial charge on any atom is 0.398 e. The number of hydrogen-bond acceptors (Lipinski definition) is 2. The molecule has 0 spiro atoms. The first-order chi connectivity index (χ1) is 16.7. The molecule has 0 heterocycles. The van der Waals surface area contributed by atoms with Crippen molar-refractivity contribution in [3.63, 3.8) is 0 Å². The zero-order valence-corrected chi connectivity index (χ0v) is 19.9. The lowest BCUT2D eigenvalue weighted by atomic mass is 9.77. The van der Waals surface area contributed by atoms with E-state index in [2.05, 4.69) is 16.4 Å². The second-order valence-electron chi connectivity index (χ2n) is 9.29. The van der Waals surface area contributed by atoms with Crippen molar-refractivity contribution in [1.82, 2.24) is 0 Å². The van der Waals surface area contributed by atoms with Crippen LogP contribution in [0.25, 0.3) is 0 Å². The summed E-state index contributed by atoms with van der Waals surface area (Å²) in [5.74, 6) is -3.95. The van der Waals surface area contributed by atoms with Crippen molar-refractivity contribution in [3.05, 3.63) is 59.2 Å². The van der Waals surface area contributed by atoms with Crippen LogP contribution in [0.3, 0.4) is 0 Å². The Balaban J connectivity index is 1.50. The predicted octanol–water partition coefficient (Wildman–Crippen LogP) is 9.02. The summed E-state index contributed by atoms with van der Waals surface area (Å²) >= 11 is 0. The zero-order valence-electron chi connectivity index (χ0n) is 19.9. The second-order valence-corrected chi connectivity index (χ2v) is 9.29. The van der Waals surface area contributed by atoms with Crippen molar-refractivity contribution in [2.24, 2.45) is 5.92 Å². The first-order valence-electron chi connectivity index (χ1n) is 12.3. The highest BCUT2D eigenvalue weighted by molar-refractivity contribution is 5.35. The molecule has 2 nitrogen and oxygen atoms in total. The van der Waals surface area contributed by atoms with E-state index in [0.29, 0.717) is 23.6 Å². The summed E-state index contributed by atoms with van der Waals surface area (Å²) in [4.78, 5) is 0. The molecule has 0 unspecified atom stereocenters. The molecule has 3 rings (SSSR count). The fourth-order valence-corrected chi connectivity index (χ4v) is 4.73. The second kappa shape index (κ2) is 12.5. The number of rotatable bonds is 12. The van der Waals surface area contributed by atoms with Gasteiger partial charge in [-0.1, -0.05) is 56.9 Å². The minimum absolute atomic E-state index is 0.00497. The molecule has 0 aliphatic heterocycles. The standard InChI is InChI=1S/C27H32F6O2/c1-2-3-4-5-18-6-10-20(11-7-18)21-12-8-19(9-13-21)14-15-27(32,33)35-22-16-23(28)25(24(29)17-22)34-26(30)31/h8-9,12-13,16-18,20,26H,2-7,10-11,14-15H2,1H3. The molecule has 0 bridgehead atoms. The summed E-state index contributed by atoms with van der Waals surface area (Å²) in [5, 5.41) is 0. The molecular formula is C27H32F6O2. The van der Waals surface area contributed by atoms with E-state index in [1.165, 1.54) is 44.1 Å². The summed E-state index contributed by atoms with van der Waals surface area (Å²) in [6, 6.07) is 8.42. The normalized spacial score (nSPS) is 18.6. The van der Waals surface area contributed by atoms with Crippen molar-refractivity contribution < 1.29 is 35.8 Å². The van der Waals surface area contributed by atoms with E-state index in [1.54, 1.807) is 0 Å². The van der Waals surface area contributed by atoms with E-state index in [1.807, 2.05) is 24.3 Å². The van der Waals surface area contributed by atoms with Crippen LogP contribution in [0.4, 0.5) is 26.3 Å². The van der Waals surface area contributed by atoms with Crippen LogP contribution in [0.15, 0.2) is 36.4 Å². The van der Waals surface area contributed by atoms with Gasteiger partial charge in [0, 0.05) is 12.1 Å². The van der Waals surface area contributed by atoms with E-state index in [9.17, 15) is 26.3 Å². The van der Waals surface area contributed by atoms with Gasteiger partial charge in [0.1, 0.15) is 5.75 Å². The number of hydrogen-bond donors (Lipinski definition) is 0. The van der Waals surface area contributed by atoms with Crippen LogP contribution in [0, 0.1) is 17.6 Å². The van der Waals surface area contributed by atoms with Crippen molar-refractivity contribution in [3.8, 4) is 11.5 Å². The third kappa shape index (κ3) is 8.36. The number of aryl methyl sites for hydroxylation is 1. The molecule has 0 atom stereocenters. The van der Waals surface area contributed by atoms with E-state index in [0.717, 1.165) is 18.8 Å². The Morgan fingerprint density at radius 1 is 0.943 bits per heavy atom. The molecular weight excluding hydrogens is 470 g/mol. The number of unbranched alkanes of at least 4 members (excludes halogenated alkanes) is 2. The Morgan fingerprint density at radius 2 is 1.57 bits per heavy atom. The van der Waals surface area contributed by atoms with Gasteiger partial charge in [-0.15, -0.1) is 0 Å². The Bertz CT molecular complexity index is 901. The first kappa shape index (κ1) is 27.2. The van der Waals surface area contributed by atoms with Gasteiger partial charge in [-0.05, 0) is 55.1 Å². The van der Waals surface area contributed by atoms with Crippen LogP contribution in [0.5, 0.6) is 11.5 Å². The van der Waals surface area contributed by atoms with Gasteiger partial charge in [-0.2, -0.15) is 17.6 Å². The van der Waals surface area contributed by atoms with Crippen molar-refractivity contribution in [2.45, 2.75) is 89.8 Å². The quantitative estimate of drug-likeness (QED) is 0.213. The molecule has 0 N–H and O–H groups in total. The van der Waals surface area contributed by atoms with Crippen molar-refractivity contribution in [2.75, 3.05) is 0 Å². The fraction of sp³-hybridized carbons (Fsp3) is 0.556. The molecule has 1 aliphatic carbocycles. The van der Waals surface area contributed by atoms with E-state index < -0.39 is 42.3 Å². The maximum absolute atomic E-state index is 14.3. The number of halogens is 6. The topological polar surface area (TPSA) is 18.5 Å². The molecule has 0 amide bonds. The summed E-state index contributed by atoms with van der Waals surface area (Å²) in [7, 11) is 0. The molecule has 35 heavy (non-hydrogen) atoms. The maximum atomic E-state index is 14.3. The van der Waals surface area contributed by atoms with Crippen molar-refractivity contribution in [1.29, 1.82) is 0 Å². The summed E-state index contributed by atoms with van der Waals surface area (Å²) < 4.78 is 88.6. The zero-order chi connectivity index (χ0) is 25.4. The molecule has 1 aliphatic rings. The number of alkyl halides is 4. The van der Waals surface area contributed by atoms with Gasteiger partial charge < -0.3 is 9.47 Å². The summed E-state index contributed by atoms with van der Waals surface area (Å²) in [6.07, 6.45) is 5.48. The third-order valence-corrected chi connectivity index (χ3v) is 6.66. The highest BCUT2D eigenvalue weighted by Gasteiger charge is 2.32. The summed E-state index contributed by atoms with van der Waals surface area (Å²) in [5.41, 5.74) is 1.92. The minimum Gasteiger partial charge on any atom is -0.432 e. The number of ether oxygens (including phenoxy) is 2. The van der Waals surface area contributed by atoms with Crippen LogP contribution in [-0.2, 0) is 6.42 Å². The summed E-state index contributed by atoms with van der Waals surface area (Å²) in [6.45, 7) is -1.24. The molecule has 2 aromatic rings. The molecule has 0 saturated heterocycles. The SMILES string of the molecule is CCCCCC1CCC(c2ccc(CCC(F)(F)Oc3cc(F)c(OC(F)F)c(F)c3)cc2)CC1. The Hall–Kier alpha value is -2.38. The van der Waals surface area contributed by atoms with Gasteiger partial charge in [0.05, 0.1) is 6.42 Å². The van der Waals surface area contributed by atoms with Crippen LogP contribution >= 0.6 is 0 Å². The monoisotopic (exact) mass is 502 g/mol. The molecule has 2 aromatic carbocycles. The van der Waals surface area contributed by atoms with Gasteiger partial charge in [-0.25, -0.2) is 8.78 Å². The van der Waals surface area contributed by atoms with E-state index >= 15 is 0 Å². The van der Waals surface area contributed by atoms with Gasteiger partial charge in [-0.3, -0.25) is 0 Å². The molecule has 1 saturated carbocycles. The lowest BCUT2D eigenvalue weighted by molar-refractivity contribution is -0.180. The Morgan fingerprint density at radius 3 is 2.14 bits per heavy atom. The smallest absolute Gasteiger partial charge is 0.398 e.